The molecule has 150 valence electrons. The predicted octanol–water partition coefficient (Wildman–Crippen LogP) is 5.27. The second-order valence-electron chi connectivity index (χ2n) is 6.64. The molecule has 3 aromatic rings. The molecule has 1 aromatic heterocycles. The molecule has 2 amide bonds. The maximum absolute atomic E-state index is 12.5. The van der Waals surface area contributed by atoms with Gasteiger partial charge in [-0.3, -0.25) is 9.59 Å². The number of furan rings is 1. The Morgan fingerprint density at radius 2 is 1.79 bits per heavy atom. The summed E-state index contributed by atoms with van der Waals surface area (Å²) in [4.78, 5) is 24.6. The average molecular weight is 392 g/mol. The second kappa shape index (κ2) is 9.59. The SMILES string of the molecule is CCCCOc1ccc(C(=O)Nc2ccc(NC(=O)c3ccco3)c(C)c2)cc1. The molecule has 29 heavy (non-hydrogen) atoms. The van der Waals surface area contributed by atoms with Gasteiger partial charge in [-0.05, 0) is 73.5 Å². The molecule has 6 nitrogen and oxygen atoms in total. The van der Waals surface area contributed by atoms with Crippen molar-refractivity contribution in [2.45, 2.75) is 26.7 Å². The summed E-state index contributed by atoms with van der Waals surface area (Å²) in [7, 11) is 0. The zero-order chi connectivity index (χ0) is 20.6. The molecule has 2 N–H and O–H groups in total. The van der Waals surface area contributed by atoms with E-state index in [0.717, 1.165) is 24.2 Å². The third-order valence-electron chi connectivity index (χ3n) is 4.36. The highest BCUT2D eigenvalue weighted by atomic mass is 16.5. The third kappa shape index (κ3) is 5.48. The number of hydrogen-bond donors (Lipinski definition) is 2. The van der Waals surface area contributed by atoms with Gasteiger partial charge >= 0.3 is 0 Å². The smallest absolute Gasteiger partial charge is 0.291 e. The van der Waals surface area contributed by atoms with Crippen LogP contribution in [0.1, 0.15) is 46.2 Å². The van der Waals surface area contributed by atoms with Crippen molar-refractivity contribution in [1.29, 1.82) is 0 Å². The molecule has 0 radical (unpaired) electrons. The van der Waals surface area contributed by atoms with Crippen molar-refractivity contribution < 1.29 is 18.7 Å². The molecule has 0 spiro atoms. The maximum atomic E-state index is 12.5. The average Bonchev–Trinajstić information content (AvgIpc) is 3.26. The van der Waals surface area contributed by atoms with E-state index in [1.165, 1.54) is 6.26 Å². The molecule has 0 saturated heterocycles. The molecule has 0 aliphatic heterocycles. The van der Waals surface area contributed by atoms with Gasteiger partial charge in [-0.2, -0.15) is 0 Å². The van der Waals surface area contributed by atoms with Crippen molar-refractivity contribution in [2.75, 3.05) is 17.2 Å². The number of amides is 2. The van der Waals surface area contributed by atoms with Gasteiger partial charge in [-0.25, -0.2) is 0 Å². The van der Waals surface area contributed by atoms with Crippen LogP contribution in [0, 0.1) is 6.92 Å². The Balaban J connectivity index is 1.60. The van der Waals surface area contributed by atoms with Crippen LogP contribution >= 0.6 is 0 Å². The van der Waals surface area contributed by atoms with Crippen LogP contribution in [0.25, 0.3) is 0 Å². The van der Waals surface area contributed by atoms with Gasteiger partial charge in [0.15, 0.2) is 5.76 Å². The quantitative estimate of drug-likeness (QED) is 0.512. The molecule has 0 atom stereocenters. The zero-order valence-corrected chi connectivity index (χ0v) is 16.5. The molecule has 3 rings (SSSR count). The summed E-state index contributed by atoms with van der Waals surface area (Å²) in [5.74, 6) is 0.458. The molecule has 0 fully saturated rings. The summed E-state index contributed by atoms with van der Waals surface area (Å²) >= 11 is 0. The first-order valence-corrected chi connectivity index (χ1v) is 9.56. The number of hydrogen-bond acceptors (Lipinski definition) is 4. The van der Waals surface area contributed by atoms with Gasteiger partial charge in [0.25, 0.3) is 11.8 Å². The minimum atomic E-state index is -0.323. The van der Waals surface area contributed by atoms with Gasteiger partial charge < -0.3 is 19.8 Å². The third-order valence-corrected chi connectivity index (χ3v) is 4.36. The summed E-state index contributed by atoms with van der Waals surface area (Å²) in [5, 5.41) is 5.66. The van der Waals surface area contributed by atoms with E-state index in [0.29, 0.717) is 23.5 Å². The summed E-state index contributed by atoms with van der Waals surface area (Å²) < 4.78 is 10.7. The van der Waals surface area contributed by atoms with Gasteiger partial charge in [0.2, 0.25) is 0 Å². The van der Waals surface area contributed by atoms with E-state index >= 15 is 0 Å². The van der Waals surface area contributed by atoms with Crippen LogP contribution in [0.2, 0.25) is 0 Å². The number of rotatable bonds is 8. The van der Waals surface area contributed by atoms with Gasteiger partial charge in [0.05, 0.1) is 12.9 Å². The highest BCUT2D eigenvalue weighted by molar-refractivity contribution is 6.05. The normalized spacial score (nSPS) is 10.4. The number of carbonyl (C=O) groups is 2. The number of carbonyl (C=O) groups excluding carboxylic acids is 2. The Kier molecular flexibility index (Phi) is 6.68. The van der Waals surface area contributed by atoms with Crippen LogP contribution in [0.15, 0.2) is 65.3 Å². The standard InChI is InChI=1S/C23H24N2O4/c1-3-4-13-28-19-10-7-17(8-11-19)22(26)24-18-9-12-20(16(2)15-18)25-23(27)21-6-5-14-29-21/h5-12,14-15H,3-4,13H2,1-2H3,(H,24,26)(H,25,27). The van der Waals surface area contributed by atoms with Crippen LogP contribution in [-0.2, 0) is 0 Å². The Bertz CT molecular complexity index is 963. The molecule has 0 bridgehead atoms. The topological polar surface area (TPSA) is 80.6 Å². The van der Waals surface area contributed by atoms with E-state index in [1.54, 1.807) is 54.6 Å². The van der Waals surface area contributed by atoms with E-state index in [1.807, 2.05) is 6.92 Å². The van der Waals surface area contributed by atoms with E-state index in [9.17, 15) is 9.59 Å². The van der Waals surface area contributed by atoms with Crippen molar-refractivity contribution in [3.05, 3.63) is 77.7 Å². The summed E-state index contributed by atoms with van der Waals surface area (Å²) in [6.07, 6.45) is 3.52. The minimum absolute atomic E-state index is 0.211. The fourth-order valence-corrected chi connectivity index (χ4v) is 2.71. The van der Waals surface area contributed by atoms with Gasteiger partial charge in [-0.1, -0.05) is 13.3 Å². The number of aryl methyl sites for hydroxylation is 1. The number of benzene rings is 2. The van der Waals surface area contributed by atoms with Crippen LogP contribution in [-0.4, -0.2) is 18.4 Å². The van der Waals surface area contributed by atoms with Crippen molar-refractivity contribution in [3.8, 4) is 5.75 Å². The van der Waals surface area contributed by atoms with Crippen LogP contribution in [0.4, 0.5) is 11.4 Å². The lowest BCUT2D eigenvalue weighted by Gasteiger charge is -2.11. The molecule has 0 aliphatic rings. The Labute approximate surface area is 169 Å². The van der Waals surface area contributed by atoms with Gasteiger partial charge in [0.1, 0.15) is 5.75 Å². The van der Waals surface area contributed by atoms with Gasteiger partial charge in [-0.15, -0.1) is 0 Å². The maximum Gasteiger partial charge on any atom is 0.291 e. The van der Waals surface area contributed by atoms with E-state index in [-0.39, 0.29) is 17.6 Å². The molecule has 0 aliphatic carbocycles. The van der Waals surface area contributed by atoms with Crippen molar-refractivity contribution in [1.82, 2.24) is 0 Å². The molecule has 6 heteroatoms. The number of anilines is 2. The van der Waals surface area contributed by atoms with Crippen molar-refractivity contribution in [3.63, 3.8) is 0 Å². The van der Waals surface area contributed by atoms with Gasteiger partial charge in [0, 0.05) is 16.9 Å². The van der Waals surface area contributed by atoms with E-state index in [4.69, 9.17) is 9.15 Å². The lowest BCUT2D eigenvalue weighted by molar-refractivity contribution is 0.0994. The zero-order valence-electron chi connectivity index (χ0n) is 16.5. The highest BCUT2D eigenvalue weighted by Crippen LogP contribution is 2.21. The van der Waals surface area contributed by atoms with Crippen LogP contribution < -0.4 is 15.4 Å². The lowest BCUT2D eigenvalue weighted by Crippen LogP contribution is -2.14. The van der Waals surface area contributed by atoms with Crippen molar-refractivity contribution >= 4 is 23.2 Å². The molecular formula is C23H24N2O4. The van der Waals surface area contributed by atoms with E-state index < -0.39 is 0 Å². The van der Waals surface area contributed by atoms with E-state index in [2.05, 4.69) is 17.6 Å². The largest absolute Gasteiger partial charge is 0.494 e. The first kappa shape index (κ1) is 20.2. The summed E-state index contributed by atoms with van der Waals surface area (Å²) in [6.45, 7) is 4.64. The molecular weight excluding hydrogens is 368 g/mol. The molecule has 1 heterocycles. The van der Waals surface area contributed by atoms with Crippen LogP contribution in [0.5, 0.6) is 5.75 Å². The van der Waals surface area contributed by atoms with Crippen LogP contribution in [0.3, 0.4) is 0 Å². The second-order valence-corrected chi connectivity index (χ2v) is 6.64. The molecule has 2 aromatic carbocycles. The minimum Gasteiger partial charge on any atom is -0.494 e. The summed E-state index contributed by atoms with van der Waals surface area (Å²) in [5.41, 5.74) is 2.66. The highest BCUT2D eigenvalue weighted by Gasteiger charge is 2.12. The first-order valence-electron chi connectivity index (χ1n) is 9.56. The fourth-order valence-electron chi connectivity index (χ4n) is 2.71. The Morgan fingerprint density at radius 3 is 2.45 bits per heavy atom. The Hall–Kier alpha value is -3.54. The fraction of sp³-hybridized carbons (Fsp3) is 0.217. The molecule has 0 saturated carbocycles. The first-order chi connectivity index (χ1) is 14.1. The summed E-state index contributed by atoms with van der Waals surface area (Å²) in [6, 6.07) is 15.6. The number of nitrogens with one attached hydrogen (secondary N) is 2. The molecule has 0 unspecified atom stereocenters. The Morgan fingerprint density at radius 1 is 1.00 bits per heavy atom. The lowest BCUT2D eigenvalue weighted by atomic mass is 10.1. The predicted molar refractivity (Wildman–Crippen MR) is 113 cm³/mol. The number of unbranched alkanes of at least 4 members (excludes halogenated alkanes) is 1. The van der Waals surface area contributed by atoms with Crippen molar-refractivity contribution in [2.24, 2.45) is 0 Å². The number of ether oxygens (including phenoxy) is 1. The monoisotopic (exact) mass is 392 g/mol.